The van der Waals surface area contributed by atoms with Gasteiger partial charge in [0.1, 0.15) is 0 Å². The molecule has 0 spiro atoms. The van der Waals surface area contributed by atoms with Crippen LogP contribution in [-0.4, -0.2) is 28.8 Å². The van der Waals surface area contributed by atoms with E-state index in [-0.39, 0.29) is 12.1 Å². The Morgan fingerprint density at radius 1 is 1.24 bits per heavy atom. The van der Waals surface area contributed by atoms with Crippen LogP contribution >= 0.6 is 0 Å². The van der Waals surface area contributed by atoms with Crippen LogP contribution in [0.3, 0.4) is 0 Å². The smallest absolute Gasteiger partial charge is 0.313 e. The van der Waals surface area contributed by atoms with Gasteiger partial charge in [0.2, 0.25) is 0 Å². The number of amides is 2. The molecule has 1 aromatic rings. The van der Waals surface area contributed by atoms with Crippen molar-refractivity contribution in [2.24, 2.45) is 0 Å². The van der Waals surface area contributed by atoms with Gasteiger partial charge in [-0.05, 0) is 57.7 Å². The first-order valence-electron chi connectivity index (χ1n) is 7.40. The molecule has 1 fully saturated rings. The molecule has 2 atom stereocenters. The van der Waals surface area contributed by atoms with Crippen LogP contribution in [0.15, 0.2) is 18.2 Å². The van der Waals surface area contributed by atoms with E-state index in [1.165, 1.54) is 0 Å². The maximum Gasteiger partial charge on any atom is 0.313 e. The maximum atomic E-state index is 12.4. The van der Waals surface area contributed by atoms with Crippen molar-refractivity contribution in [3.8, 4) is 0 Å². The number of nitrogens with two attached hydrogens (primary N) is 1. The first kappa shape index (κ1) is 15.4. The van der Waals surface area contributed by atoms with Gasteiger partial charge < -0.3 is 16.0 Å². The van der Waals surface area contributed by atoms with Crippen LogP contribution in [-0.2, 0) is 9.59 Å². The Balaban J connectivity index is 2.12. The number of hydrogen-bond donors (Lipinski definition) is 2. The predicted octanol–water partition coefficient (Wildman–Crippen LogP) is 2.31. The minimum atomic E-state index is -0.618. The van der Waals surface area contributed by atoms with Crippen molar-refractivity contribution < 1.29 is 9.59 Å². The average molecular weight is 289 g/mol. The second-order valence-corrected chi connectivity index (χ2v) is 5.89. The third-order valence-corrected chi connectivity index (χ3v) is 4.08. The third-order valence-electron chi connectivity index (χ3n) is 4.08. The van der Waals surface area contributed by atoms with Crippen LogP contribution in [0, 0.1) is 6.92 Å². The van der Waals surface area contributed by atoms with E-state index in [1.54, 1.807) is 17.0 Å². The number of benzene rings is 1. The van der Waals surface area contributed by atoms with Crippen LogP contribution in [0.2, 0.25) is 0 Å². The quantitative estimate of drug-likeness (QED) is 0.615. The van der Waals surface area contributed by atoms with Crippen LogP contribution in [0.25, 0.3) is 0 Å². The normalized spacial score (nSPS) is 22.0. The zero-order chi connectivity index (χ0) is 15.6. The Kier molecular flexibility index (Phi) is 4.50. The summed E-state index contributed by atoms with van der Waals surface area (Å²) in [5.74, 6) is -1.09. The topological polar surface area (TPSA) is 75.4 Å². The summed E-state index contributed by atoms with van der Waals surface area (Å²) in [6.07, 6.45) is 2.98. The Morgan fingerprint density at radius 2 is 1.86 bits per heavy atom. The second-order valence-electron chi connectivity index (χ2n) is 5.89. The van der Waals surface area contributed by atoms with E-state index in [0.29, 0.717) is 11.4 Å². The van der Waals surface area contributed by atoms with Gasteiger partial charge in [0.25, 0.3) is 0 Å². The summed E-state index contributed by atoms with van der Waals surface area (Å²) in [5, 5.41) is 2.63. The lowest BCUT2D eigenvalue weighted by atomic mass is 9.97. The third kappa shape index (κ3) is 3.35. The molecule has 2 rings (SSSR count). The zero-order valence-electron chi connectivity index (χ0n) is 12.8. The van der Waals surface area contributed by atoms with Crippen molar-refractivity contribution in [2.45, 2.75) is 52.1 Å². The molecule has 0 radical (unpaired) electrons. The van der Waals surface area contributed by atoms with E-state index in [1.807, 2.05) is 26.8 Å². The van der Waals surface area contributed by atoms with Crippen molar-refractivity contribution in [3.63, 3.8) is 0 Å². The number of anilines is 2. The number of aryl methyl sites for hydroxylation is 1. The lowest BCUT2D eigenvalue weighted by Gasteiger charge is -2.38. The molecule has 0 aromatic heterocycles. The first-order chi connectivity index (χ1) is 9.90. The Morgan fingerprint density at radius 3 is 2.48 bits per heavy atom. The molecule has 114 valence electrons. The fraction of sp³-hybridized carbons (Fsp3) is 0.500. The minimum absolute atomic E-state index is 0.0989. The van der Waals surface area contributed by atoms with E-state index in [4.69, 9.17) is 5.73 Å². The maximum absolute atomic E-state index is 12.4. The van der Waals surface area contributed by atoms with Crippen molar-refractivity contribution in [3.05, 3.63) is 23.8 Å². The van der Waals surface area contributed by atoms with E-state index < -0.39 is 11.8 Å². The number of likely N-dealkylation sites (tertiary alicyclic amines) is 1. The Labute approximate surface area is 125 Å². The molecule has 2 amide bonds. The molecular formula is C16H23N3O2. The molecule has 1 saturated heterocycles. The summed E-state index contributed by atoms with van der Waals surface area (Å²) in [6.45, 7) is 5.88. The largest absolute Gasteiger partial charge is 0.397 e. The van der Waals surface area contributed by atoms with Gasteiger partial charge in [-0.1, -0.05) is 6.07 Å². The monoisotopic (exact) mass is 289 g/mol. The van der Waals surface area contributed by atoms with Crippen LogP contribution in [0.5, 0.6) is 0 Å². The van der Waals surface area contributed by atoms with Gasteiger partial charge in [-0.25, -0.2) is 0 Å². The number of carbonyl (C=O) groups excluding carboxylic acids is 2. The van der Waals surface area contributed by atoms with Crippen LogP contribution in [0.1, 0.15) is 38.7 Å². The molecule has 1 aromatic carbocycles. The summed E-state index contributed by atoms with van der Waals surface area (Å²) in [7, 11) is 0. The van der Waals surface area contributed by atoms with E-state index in [9.17, 15) is 9.59 Å². The SMILES string of the molecule is Cc1ccc(N)c(NC(=O)C(=O)N2C(C)CCCC2C)c1. The number of hydrogen-bond acceptors (Lipinski definition) is 3. The Bertz CT molecular complexity index is 546. The zero-order valence-corrected chi connectivity index (χ0v) is 12.8. The summed E-state index contributed by atoms with van der Waals surface area (Å²) in [4.78, 5) is 26.3. The minimum Gasteiger partial charge on any atom is -0.397 e. The molecule has 5 heteroatoms. The highest BCUT2D eigenvalue weighted by Crippen LogP contribution is 2.24. The molecule has 3 N–H and O–H groups in total. The molecule has 5 nitrogen and oxygen atoms in total. The lowest BCUT2D eigenvalue weighted by molar-refractivity contribution is -0.147. The molecular weight excluding hydrogens is 266 g/mol. The Hall–Kier alpha value is -2.04. The number of carbonyl (C=O) groups is 2. The molecule has 2 unspecified atom stereocenters. The van der Waals surface area contributed by atoms with Gasteiger partial charge in [-0.3, -0.25) is 9.59 Å². The number of nitrogens with one attached hydrogen (secondary N) is 1. The predicted molar refractivity (Wildman–Crippen MR) is 83.8 cm³/mol. The highest BCUT2D eigenvalue weighted by Gasteiger charge is 2.32. The second kappa shape index (κ2) is 6.16. The fourth-order valence-corrected chi connectivity index (χ4v) is 2.89. The first-order valence-corrected chi connectivity index (χ1v) is 7.40. The van der Waals surface area contributed by atoms with Gasteiger partial charge in [0.15, 0.2) is 0 Å². The number of rotatable bonds is 1. The van der Waals surface area contributed by atoms with Gasteiger partial charge in [-0.15, -0.1) is 0 Å². The molecule has 21 heavy (non-hydrogen) atoms. The summed E-state index contributed by atoms with van der Waals surface area (Å²) in [6, 6.07) is 5.55. The summed E-state index contributed by atoms with van der Waals surface area (Å²) >= 11 is 0. The lowest BCUT2D eigenvalue weighted by Crippen LogP contribution is -2.51. The number of piperidine rings is 1. The highest BCUT2D eigenvalue weighted by atomic mass is 16.2. The van der Waals surface area contributed by atoms with E-state index in [2.05, 4.69) is 5.32 Å². The molecule has 1 heterocycles. The number of nitrogen functional groups attached to an aromatic ring is 1. The van der Waals surface area contributed by atoms with Crippen molar-refractivity contribution in [1.29, 1.82) is 0 Å². The van der Waals surface area contributed by atoms with Gasteiger partial charge in [-0.2, -0.15) is 0 Å². The molecule has 1 aliphatic rings. The van der Waals surface area contributed by atoms with Crippen LogP contribution < -0.4 is 11.1 Å². The van der Waals surface area contributed by atoms with Crippen molar-refractivity contribution >= 4 is 23.2 Å². The fourth-order valence-electron chi connectivity index (χ4n) is 2.89. The average Bonchev–Trinajstić information content (AvgIpc) is 2.42. The van der Waals surface area contributed by atoms with Gasteiger partial charge in [0, 0.05) is 12.1 Å². The highest BCUT2D eigenvalue weighted by molar-refractivity contribution is 6.40. The molecule has 0 aliphatic carbocycles. The van der Waals surface area contributed by atoms with Crippen molar-refractivity contribution in [2.75, 3.05) is 11.1 Å². The molecule has 0 saturated carbocycles. The van der Waals surface area contributed by atoms with Crippen LogP contribution in [0.4, 0.5) is 11.4 Å². The van der Waals surface area contributed by atoms with Crippen molar-refractivity contribution in [1.82, 2.24) is 4.90 Å². The standard InChI is InChI=1S/C16H23N3O2/c1-10-7-8-13(17)14(9-10)18-15(20)16(21)19-11(2)5-4-6-12(19)3/h7-9,11-12H,4-6,17H2,1-3H3,(H,18,20). The van der Waals surface area contributed by atoms with E-state index in [0.717, 1.165) is 24.8 Å². The number of nitrogens with zero attached hydrogens (tertiary/aromatic N) is 1. The molecule has 1 aliphatic heterocycles. The van der Waals surface area contributed by atoms with E-state index >= 15 is 0 Å². The van der Waals surface area contributed by atoms with Gasteiger partial charge in [0.05, 0.1) is 11.4 Å². The summed E-state index contributed by atoms with van der Waals surface area (Å²) in [5.41, 5.74) is 7.76. The molecule has 0 bridgehead atoms. The van der Waals surface area contributed by atoms with Gasteiger partial charge >= 0.3 is 11.8 Å². The summed E-state index contributed by atoms with van der Waals surface area (Å²) < 4.78 is 0.